The van der Waals surface area contributed by atoms with Crippen molar-refractivity contribution in [3.63, 3.8) is 0 Å². The molecule has 1 N–H and O–H groups in total. The molecule has 0 saturated heterocycles. The van der Waals surface area contributed by atoms with Gasteiger partial charge in [0.15, 0.2) is 0 Å². The van der Waals surface area contributed by atoms with E-state index in [0.717, 1.165) is 12.8 Å². The number of fused-ring (bicyclic) bond motifs is 1. The topological polar surface area (TPSA) is 29.9 Å². The fraction of sp³-hybridized carbons (Fsp3) is 0.471. The molecule has 1 heterocycles. The number of aryl methyl sites for hydroxylation is 3. The molecule has 106 valence electrons. The molecule has 1 aliphatic carbocycles. The Balaban J connectivity index is 2.00. The third-order valence-electron chi connectivity index (χ3n) is 4.27. The quantitative estimate of drug-likeness (QED) is 0.923. The second kappa shape index (κ2) is 5.41. The van der Waals surface area contributed by atoms with Crippen LogP contribution in [0.25, 0.3) is 11.1 Å². The molecule has 3 rings (SSSR count). The second-order valence-corrected chi connectivity index (χ2v) is 5.71. The molecule has 3 nitrogen and oxygen atoms in total. The highest BCUT2D eigenvalue weighted by atomic mass is 15.2. The van der Waals surface area contributed by atoms with Gasteiger partial charge in [-0.15, -0.1) is 0 Å². The average molecular weight is 269 g/mol. The Bertz CT molecular complexity index is 613. The first-order valence-electron chi connectivity index (χ1n) is 7.56. The number of rotatable bonds is 4. The van der Waals surface area contributed by atoms with Gasteiger partial charge >= 0.3 is 0 Å². The lowest BCUT2D eigenvalue weighted by Crippen LogP contribution is -2.12. The van der Waals surface area contributed by atoms with Gasteiger partial charge in [-0.05, 0) is 43.0 Å². The van der Waals surface area contributed by atoms with Gasteiger partial charge in [-0.2, -0.15) is 5.10 Å². The summed E-state index contributed by atoms with van der Waals surface area (Å²) in [7, 11) is 4.06. The molecule has 0 amide bonds. The molecule has 1 aromatic carbocycles. The minimum absolute atomic E-state index is 0.531. The Hall–Kier alpha value is -1.61. The molecule has 2 aromatic rings. The van der Waals surface area contributed by atoms with Crippen LogP contribution in [0.15, 0.2) is 24.4 Å². The summed E-state index contributed by atoms with van der Waals surface area (Å²) in [5, 5.41) is 8.00. The van der Waals surface area contributed by atoms with Crippen LogP contribution in [-0.4, -0.2) is 16.8 Å². The molecule has 0 saturated carbocycles. The van der Waals surface area contributed by atoms with Crippen LogP contribution in [0.4, 0.5) is 0 Å². The van der Waals surface area contributed by atoms with Gasteiger partial charge in [0, 0.05) is 24.8 Å². The van der Waals surface area contributed by atoms with Gasteiger partial charge in [0.1, 0.15) is 0 Å². The third-order valence-corrected chi connectivity index (χ3v) is 4.27. The average Bonchev–Trinajstić information content (AvgIpc) is 3.01. The Morgan fingerprint density at radius 3 is 3.00 bits per heavy atom. The van der Waals surface area contributed by atoms with Crippen molar-refractivity contribution in [3.8, 4) is 11.1 Å². The summed E-state index contributed by atoms with van der Waals surface area (Å²) in [5.41, 5.74) is 6.80. The number of benzene rings is 1. The molecular weight excluding hydrogens is 246 g/mol. The molecule has 0 fully saturated rings. The van der Waals surface area contributed by atoms with Crippen molar-refractivity contribution >= 4 is 0 Å². The Labute approximate surface area is 121 Å². The highest BCUT2D eigenvalue weighted by Gasteiger charge is 2.21. The molecule has 1 atom stereocenters. The van der Waals surface area contributed by atoms with Crippen molar-refractivity contribution in [2.24, 2.45) is 7.05 Å². The molecule has 0 spiro atoms. The van der Waals surface area contributed by atoms with E-state index in [1.807, 2.05) is 18.8 Å². The molecule has 0 radical (unpaired) electrons. The number of hydrogen-bond acceptors (Lipinski definition) is 2. The van der Waals surface area contributed by atoms with Crippen molar-refractivity contribution in [2.75, 3.05) is 7.05 Å². The van der Waals surface area contributed by atoms with Gasteiger partial charge in [0.05, 0.1) is 5.69 Å². The zero-order valence-corrected chi connectivity index (χ0v) is 12.6. The van der Waals surface area contributed by atoms with E-state index in [-0.39, 0.29) is 0 Å². The van der Waals surface area contributed by atoms with Crippen LogP contribution in [0, 0.1) is 0 Å². The summed E-state index contributed by atoms with van der Waals surface area (Å²) in [4.78, 5) is 0. The molecule has 0 bridgehead atoms. The van der Waals surface area contributed by atoms with Crippen molar-refractivity contribution in [1.82, 2.24) is 15.1 Å². The van der Waals surface area contributed by atoms with E-state index < -0.39 is 0 Å². The van der Waals surface area contributed by atoms with Gasteiger partial charge in [-0.1, -0.05) is 31.5 Å². The van der Waals surface area contributed by atoms with Crippen LogP contribution in [0.5, 0.6) is 0 Å². The largest absolute Gasteiger partial charge is 0.313 e. The molecule has 1 aliphatic rings. The lowest BCUT2D eigenvalue weighted by molar-refractivity contribution is 0.590. The molecule has 3 heteroatoms. The fourth-order valence-corrected chi connectivity index (χ4v) is 3.28. The number of nitrogens with one attached hydrogen (secondary N) is 1. The zero-order valence-electron chi connectivity index (χ0n) is 12.6. The fourth-order valence-electron chi connectivity index (χ4n) is 3.28. The molecule has 1 unspecified atom stereocenters. The maximum atomic E-state index is 4.61. The summed E-state index contributed by atoms with van der Waals surface area (Å²) in [6.45, 7) is 2.21. The van der Waals surface area contributed by atoms with Gasteiger partial charge in [0.2, 0.25) is 0 Å². The van der Waals surface area contributed by atoms with Gasteiger partial charge in [0.25, 0.3) is 0 Å². The molecular formula is C17H23N3. The number of aromatic nitrogens is 2. The SMILES string of the molecule is CCCc1nn(C)cc1-c1ccc2c(c1)CCC2NC. The third kappa shape index (κ3) is 2.27. The maximum Gasteiger partial charge on any atom is 0.0702 e. The van der Waals surface area contributed by atoms with Crippen molar-refractivity contribution in [3.05, 3.63) is 41.2 Å². The van der Waals surface area contributed by atoms with Crippen LogP contribution >= 0.6 is 0 Å². The highest BCUT2D eigenvalue weighted by Crippen LogP contribution is 2.34. The summed E-state index contributed by atoms with van der Waals surface area (Å²) >= 11 is 0. The van der Waals surface area contributed by atoms with Gasteiger partial charge < -0.3 is 5.32 Å². The van der Waals surface area contributed by atoms with Crippen LogP contribution in [-0.2, 0) is 19.9 Å². The van der Waals surface area contributed by atoms with Gasteiger partial charge in [-0.3, -0.25) is 4.68 Å². The van der Waals surface area contributed by atoms with Crippen molar-refractivity contribution in [2.45, 2.75) is 38.6 Å². The van der Waals surface area contributed by atoms with Crippen molar-refractivity contribution in [1.29, 1.82) is 0 Å². The standard InChI is InChI=1S/C17H23N3/c1-4-5-17-15(11-20(3)19-17)13-6-8-14-12(10-13)7-9-16(14)18-2/h6,8,10-11,16,18H,4-5,7,9H2,1-3H3. The number of nitrogens with zero attached hydrogens (tertiary/aromatic N) is 2. The van der Waals surface area contributed by atoms with Crippen LogP contribution < -0.4 is 5.32 Å². The Kier molecular flexibility index (Phi) is 3.62. The Morgan fingerprint density at radius 1 is 1.40 bits per heavy atom. The molecule has 0 aliphatic heterocycles. The number of hydrogen-bond donors (Lipinski definition) is 1. The second-order valence-electron chi connectivity index (χ2n) is 5.71. The van der Waals surface area contributed by atoms with E-state index in [1.54, 1.807) is 0 Å². The summed E-state index contributed by atoms with van der Waals surface area (Å²) in [6.07, 6.45) is 6.72. The molecule has 1 aromatic heterocycles. The van der Waals surface area contributed by atoms with Crippen LogP contribution in [0.1, 0.15) is 42.6 Å². The minimum atomic E-state index is 0.531. The summed E-state index contributed by atoms with van der Waals surface area (Å²) in [5.74, 6) is 0. The van der Waals surface area contributed by atoms with Crippen LogP contribution in [0.3, 0.4) is 0 Å². The van der Waals surface area contributed by atoms with E-state index in [4.69, 9.17) is 0 Å². The van der Waals surface area contributed by atoms with E-state index >= 15 is 0 Å². The maximum absolute atomic E-state index is 4.61. The van der Waals surface area contributed by atoms with Crippen molar-refractivity contribution < 1.29 is 0 Å². The first kappa shape index (κ1) is 13.4. The van der Waals surface area contributed by atoms with E-state index in [9.17, 15) is 0 Å². The summed E-state index contributed by atoms with van der Waals surface area (Å²) in [6, 6.07) is 7.44. The Morgan fingerprint density at radius 2 is 2.25 bits per heavy atom. The predicted molar refractivity (Wildman–Crippen MR) is 82.8 cm³/mol. The predicted octanol–water partition coefficient (Wildman–Crippen LogP) is 3.25. The van der Waals surface area contributed by atoms with E-state index in [1.165, 1.54) is 40.8 Å². The lowest BCUT2D eigenvalue weighted by atomic mass is 9.99. The van der Waals surface area contributed by atoms with E-state index in [0.29, 0.717) is 6.04 Å². The monoisotopic (exact) mass is 269 g/mol. The van der Waals surface area contributed by atoms with Gasteiger partial charge in [-0.25, -0.2) is 0 Å². The smallest absolute Gasteiger partial charge is 0.0702 e. The zero-order chi connectivity index (χ0) is 14.1. The first-order valence-corrected chi connectivity index (χ1v) is 7.56. The highest BCUT2D eigenvalue weighted by molar-refractivity contribution is 5.67. The lowest BCUT2D eigenvalue weighted by Gasteiger charge is -2.10. The molecule has 20 heavy (non-hydrogen) atoms. The minimum Gasteiger partial charge on any atom is -0.313 e. The first-order chi connectivity index (χ1) is 9.72. The summed E-state index contributed by atoms with van der Waals surface area (Å²) < 4.78 is 1.93. The van der Waals surface area contributed by atoms with E-state index in [2.05, 4.69) is 41.7 Å². The normalized spacial score (nSPS) is 17.4. The van der Waals surface area contributed by atoms with Crippen LogP contribution in [0.2, 0.25) is 0 Å².